The van der Waals surface area contributed by atoms with Gasteiger partial charge in [0, 0.05) is 16.7 Å². The van der Waals surface area contributed by atoms with Crippen LogP contribution in [0.1, 0.15) is 5.56 Å². The van der Waals surface area contributed by atoms with Crippen molar-refractivity contribution in [1.29, 1.82) is 0 Å². The Morgan fingerprint density at radius 3 is 2.60 bits per heavy atom. The number of thioether (sulfide) groups is 1. The van der Waals surface area contributed by atoms with Crippen molar-refractivity contribution in [3.05, 3.63) is 64.9 Å². The van der Waals surface area contributed by atoms with Gasteiger partial charge in [0.25, 0.3) is 5.91 Å². The lowest BCUT2D eigenvalue weighted by Gasteiger charge is -2.06. The number of carbonyl (C=O) groups excluding carboxylic acids is 2. The highest BCUT2D eigenvalue weighted by Gasteiger charge is 2.07. The molecule has 0 aromatic heterocycles. The van der Waals surface area contributed by atoms with Crippen LogP contribution in [0, 0.1) is 5.82 Å². The van der Waals surface area contributed by atoms with E-state index in [4.69, 9.17) is 16.3 Å². The van der Waals surface area contributed by atoms with Crippen molar-refractivity contribution in [3.8, 4) is 0 Å². The molecule has 0 heterocycles. The summed E-state index contributed by atoms with van der Waals surface area (Å²) in [6.45, 7) is -0.455. The van der Waals surface area contributed by atoms with Gasteiger partial charge in [-0.15, -0.1) is 11.8 Å². The highest BCUT2D eigenvalue weighted by atomic mass is 35.5. The first-order valence-electron chi connectivity index (χ1n) is 7.22. The molecule has 0 bridgehead atoms. The molecule has 0 saturated heterocycles. The Kier molecular flexibility index (Phi) is 7.03. The van der Waals surface area contributed by atoms with E-state index in [0.717, 1.165) is 16.5 Å². The summed E-state index contributed by atoms with van der Waals surface area (Å²) in [7, 11) is 0. The molecule has 2 aromatic rings. The highest BCUT2D eigenvalue weighted by Crippen LogP contribution is 2.19. The molecule has 1 amide bonds. The van der Waals surface area contributed by atoms with Crippen LogP contribution < -0.4 is 5.32 Å². The van der Waals surface area contributed by atoms with Crippen molar-refractivity contribution in [1.82, 2.24) is 0 Å². The van der Waals surface area contributed by atoms with E-state index >= 15 is 0 Å². The Morgan fingerprint density at radius 2 is 1.96 bits per heavy atom. The monoisotopic (exact) mass is 379 g/mol. The van der Waals surface area contributed by atoms with Gasteiger partial charge in [-0.25, -0.2) is 9.18 Å². The first-order chi connectivity index (χ1) is 12.0. The van der Waals surface area contributed by atoms with Gasteiger partial charge in [0.05, 0.1) is 5.02 Å². The molecule has 0 aliphatic carbocycles. The molecule has 2 aromatic carbocycles. The quantitative estimate of drug-likeness (QED) is 0.459. The van der Waals surface area contributed by atoms with E-state index in [2.05, 4.69) is 5.32 Å². The lowest BCUT2D eigenvalue weighted by atomic mass is 10.2. The van der Waals surface area contributed by atoms with Gasteiger partial charge in [0.2, 0.25) is 0 Å². The number of esters is 1. The Bertz CT molecular complexity index is 793. The van der Waals surface area contributed by atoms with Crippen molar-refractivity contribution >= 4 is 47.0 Å². The van der Waals surface area contributed by atoms with Crippen LogP contribution in [0.15, 0.2) is 53.4 Å². The fraction of sp³-hybridized carbons (Fsp3) is 0.111. The number of halogens is 2. The molecule has 25 heavy (non-hydrogen) atoms. The molecule has 0 unspecified atom stereocenters. The van der Waals surface area contributed by atoms with E-state index in [1.54, 1.807) is 17.8 Å². The van der Waals surface area contributed by atoms with Crippen molar-refractivity contribution in [2.45, 2.75) is 4.90 Å². The number of hydrogen-bond acceptors (Lipinski definition) is 4. The summed E-state index contributed by atoms with van der Waals surface area (Å²) in [6.07, 6.45) is 4.83. The topological polar surface area (TPSA) is 55.4 Å². The third-order valence-electron chi connectivity index (χ3n) is 3.08. The van der Waals surface area contributed by atoms with Crippen LogP contribution in [-0.2, 0) is 14.3 Å². The maximum atomic E-state index is 13.0. The van der Waals surface area contributed by atoms with E-state index < -0.39 is 24.3 Å². The van der Waals surface area contributed by atoms with E-state index in [1.165, 1.54) is 18.2 Å². The second-order valence-electron chi connectivity index (χ2n) is 4.89. The normalized spacial score (nSPS) is 10.7. The second-order valence-corrected chi connectivity index (χ2v) is 6.18. The van der Waals surface area contributed by atoms with E-state index in [1.807, 2.05) is 30.5 Å². The summed E-state index contributed by atoms with van der Waals surface area (Å²) >= 11 is 7.25. The third-order valence-corrected chi connectivity index (χ3v) is 4.11. The third kappa shape index (κ3) is 6.25. The zero-order valence-corrected chi connectivity index (χ0v) is 14.9. The fourth-order valence-electron chi connectivity index (χ4n) is 1.84. The molecule has 4 nitrogen and oxygen atoms in total. The molecule has 0 saturated carbocycles. The van der Waals surface area contributed by atoms with Gasteiger partial charge in [0.1, 0.15) is 5.82 Å². The summed E-state index contributed by atoms with van der Waals surface area (Å²) in [4.78, 5) is 24.5. The van der Waals surface area contributed by atoms with Crippen molar-refractivity contribution in [3.63, 3.8) is 0 Å². The molecule has 2 rings (SSSR count). The van der Waals surface area contributed by atoms with Crippen LogP contribution >= 0.6 is 23.4 Å². The first-order valence-corrected chi connectivity index (χ1v) is 8.82. The molecule has 0 fully saturated rings. The summed E-state index contributed by atoms with van der Waals surface area (Å²) in [5.74, 6) is -1.77. The van der Waals surface area contributed by atoms with E-state index in [-0.39, 0.29) is 5.02 Å². The lowest BCUT2D eigenvalue weighted by Crippen LogP contribution is -2.20. The zero-order valence-electron chi connectivity index (χ0n) is 13.3. The molecule has 1 N–H and O–H groups in total. The van der Waals surface area contributed by atoms with E-state index in [0.29, 0.717) is 5.69 Å². The van der Waals surface area contributed by atoms with Gasteiger partial charge in [0.15, 0.2) is 6.61 Å². The van der Waals surface area contributed by atoms with Crippen molar-refractivity contribution < 1.29 is 18.7 Å². The number of hydrogen-bond donors (Lipinski definition) is 1. The van der Waals surface area contributed by atoms with Gasteiger partial charge < -0.3 is 10.1 Å². The van der Waals surface area contributed by atoms with Gasteiger partial charge >= 0.3 is 5.97 Å². The Morgan fingerprint density at radius 1 is 1.24 bits per heavy atom. The standard InChI is InChI=1S/C18H15ClFNO3S/c1-25-14-6-2-12(3-7-14)4-9-18(23)24-11-17(22)21-13-5-8-16(20)15(19)10-13/h2-10H,11H2,1H3,(H,21,22)/b9-4+. The van der Waals surface area contributed by atoms with E-state index in [9.17, 15) is 14.0 Å². The molecule has 0 atom stereocenters. The lowest BCUT2D eigenvalue weighted by molar-refractivity contribution is -0.142. The minimum Gasteiger partial charge on any atom is -0.452 e. The molecule has 0 aliphatic heterocycles. The number of amides is 1. The van der Waals surface area contributed by atoms with Crippen LogP contribution in [0.4, 0.5) is 10.1 Å². The van der Waals surface area contributed by atoms with Crippen molar-refractivity contribution in [2.75, 3.05) is 18.2 Å². The summed E-state index contributed by atoms with van der Waals surface area (Å²) < 4.78 is 17.9. The molecular formula is C18H15ClFNO3S. The van der Waals surface area contributed by atoms with Crippen LogP contribution in [-0.4, -0.2) is 24.7 Å². The Hall–Kier alpha value is -2.31. The fourth-order valence-corrected chi connectivity index (χ4v) is 2.42. The predicted molar refractivity (Wildman–Crippen MR) is 98.3 cm³/mol. The van der Waals surface area contributed by atoms with Gasteiger partial charge in [-0.3, -0.25) is 4.79 Å². The van der Waals surface area contributed by atoms with Crippen LogP contribution in [0.5, 0.6) is 0 Å². The van der Waals surface area contributed by atoms with Gasteiger partial charge in [-0.1, -0.05) is 23.7 Å². The molecule has 0 aliphatic rings. The van der Waals surface area contributed by atoms with Gasteiger partial charge in [-0.05, 0) is 48.2 Å². The summed E-state index contributed by atoms with van der Waals surface area (Å²) in [5, 5.41) is 2.35. The smallest absolute Gasteiger partial charge is 0.331 e. The largest absolute Gasteiger partial charge is 0.452 e. The van der Waals surface area contributed by atoms with Crippen molar-refractivity contribution in [2.24, 2.45) is 0 Å². The number of rotatable bonds is 6. The molecule has 130 valence electrons. The maximum absolute atomic E-state index is 13.0. The molecule has 0 radical (unpaired) electrons. The second kappa shape index (κ2) is 9.25. The van der Waals surface area contributed by atoms with Crippen LogP contribution in [0.3, 0.4) is 0 Å². The maximum Gasteiger partial charge on any atom is 0.331 e. The Labute approximate surface area is 154 Å². The molecular weight excluding hydrogens is 365 g/mol. The number of nitrogens with one attached hydrogen (secondary N) is 1. The highest BCUT2D eigenvalue weighted by molar-refractivity contribution is 7.98. The predicted octanol–water partition coefficient (Wildman–Crippen LogP) is 4.40. The SMILES string of the molecule is CSc1ccc(/C=C/C(=O)OCC(=O)Nc2ccc(F)c(Cl)c2)cc1. The average Bonchev–Trinajstić information content (AvgIpc) is 2.61. The number of benzene rings is 2. The molecule has 7 heteroatoms. The van der Waals surface area contributed by atoms with Crippen LogP contribution in [0.25, 0.3) is 6.08 Å². The number of anilines is 1. The zero-order chi connectivity index (χ0) is 18.2. The van der Waals surface area contributed by atoms with Crippen LogP contribution in [0.2, 0.25) is 5.02 Å². The average molecular weight is 380 g/mol. The number of carbonyl (C=O) groups is 2. The summed E-state index contributed by atoms with van der Waals surface area (Å²) in [5.41, 5.74) is 1.16. The minimum absolute atomic E-state index is 0.106. The first kappa shape index (κ1) is 19.0. The summed E-state index contributed by atoms with van der Waals surface area (Å²) in [6, 6.07) is 11.4. The number of ether oxygens (including phenoxy) is 1. The van der Waals surface area contributed by atoms with Gasteiger partial charge in [-0.2, -0.15) is 0 Å². The Balaban J connectivity index is 1.81. The minimum atomic E-state index is -0.638. The molecule has 0 spiro atoms.